The molecule has 0 aromatic carbocycles. The number of aromatic nitrogens is 2. The van der Waals surface area contributed by atoms with Crippen LogP contribution in [0.15, 0.2) is 0 Å². The van der Waals surface area contributed by atoms with Crippen LogP contribution < -0.4 is 10.6 Å². The molecule has 0 saturated heterocycles. The molecule has 0 radical (unpaired) electrons. The Morgan fingerprint density at radius 1 is 1.07 bits per heavy atom. The molecule has 4 saturated carbocycles. The van der Waals surface area contributed by atoms with Crippen LogP contribution in [0, 0.1) is 17.8 Å². The number of carbonyl (C=O) groups is 1. The first-order chi connectivity index (χ1) is 13.8. The summed E-state index contributed by atoms with van der Waals surface area (Å²) in [6.07, 6.45) is 5.47. The van der Waals surface area contributed by atoms with Crippen molar-refractivity contribution in [3.8, 4) is 0 Å². The first-order valence-corrected chi connectivity index (χ1v) is 11.0. The van der Waals surface area contributed by atoms with Gasteiger partial charge < -0.3 is 10.6 Å². The number of carbonyl (C=O) groups excluding carboxylic acids is 1. The number of nitrogens with one attached hydrogen (secondary N) is 2. The van der Waals surface area contributed by atoms with Crippen molar-refractivity contribution < 1.29 is 18.0 Å². The molecule has 2 amide bonds. The highest BCUT2D eigenvalue weighted by Gasteiger charge is 2.51. The van der Waals surface area contributed by atoms with Gasteiger partial charge in [0, 0.05) is 23.3 Å². The Labute approximate surface area is 168 Å². The molecule has 29 heavy (non-hydrogen) atoms. The average molecular weight is 410 g/mol. The van der Waals surface area contributed by atoms with Gasteiger partial charge in [-0.05, 0) is 82.0 Å². The highest BCUT2D eigenvalue weighted by atomic mass is 19.4. The normalized spacial score (nSPS) is 32.9. The van der Waals surface area contributed by atoms with E-state index in [1.807, 2.05) is 0 Å². The van der Waals surface area contributed by atoms with Gasteiger partial charge in [0.25, 0.3) is 0 Å². The molecule has 1 aromatic rings. The lowest BCUT2D eigenvalue weighted by molar-refractivity contribution is -0.142. The molecule has 0 unspecified atom stereocenters. The molecule has 1 heterocycles. The lowest BCUT2D eigenvalue weighted by Crippen LogP contribution is -2.61. The number of urea groups is 1. The fraction of sp³-hybridized carbons (Fsp3) is 0.810. The molecule has 4 fully saturated rings. The minimum Gasteiger partial charge on any atom is -0.336 e. The Kier molecular flexibility index (Phi) is 4.59. The number of hydrogen-bond acceptors (Lipinski definition) is 2. The molecule has 6 rings (SSSR count). The van der Waals surface area contributed by atoms with Crippen molar-refractivity contribution in [1.29, 1.82) is 0 Å². The van der Waals surface area contributed by atoms with Crippen LogP contribution in [0.1, 0.15) is 68.3 Å². The summed E-state index contributed by atoms with van der Waals surface area (Å²) < 4.78 is 41.4. The molecule has 5 nitrogen and oxygen atoms in total. The van der Waals surface area contributed by atoms with Crippen molar-refractivity contribution in [2.45, 2.75) is 82.5 Å². The number of alkyl halides is 3. The number of halogens is 3. The minimum absolute atomic E-state index is 0.0623. The predicted octanol–water partition coefficient (Wildman–Crippen LogP) is 4.05. The molecule has 8 heteroatoms. The summed E-state index contributed by atoms with van der Waals surface area (Å²) in [5, 5.41) is 9.97. The van der Waals surface area contributed by atoms with E-state index in [0.717, 1.165) is 49.9 Å². The Morgan fingerprint density at radius 3 is 2.31 bits per heavy atom. The highest BCUT2D eigenvalue weighted by molar-refractivity contribution is 5.74. The zero-order chi connectivity index (χ0) is 20.2. The summed E-state index contributed by atoms with van der Waals surface area (Å²) in [4.78, 5) is 12.5. The lowest BCUT2D eigenvalue weighted by Gasteiger charge is -2.56. The minimum atomic E-state index is -4.42. The molecule has 5 aliphatic carbocycles. The first-order valence-electron chi connectivity index (χ1n) is 11.0. The second-order valence-electron chi connectivity index (χ2n) is 9.78. The van der Waals surface area contributed by atoms with E-state index in [4.69, 9.17) is 0 Å². The summed E-state index contributed by atoms with van der Waals surface area (Å²) in [6.45, 7) is 0.552. The fourth-order valence-corrected chi connectivity index (χ4v) is 6.91. The largest absolute Gasteiger partial charge is 0.435 e. The monoisotopic (exact) mass is 410 g/mol. The molecular weight excluding hydrogens is 381 g/mol. The van der Waals surface area contributed by atoms with Crippen molar-refractivity contribution in [1.82, 2.24) is 20.4 Å². The maximum Gasteiger partial charge on any atom is 0.435 e. The standard InChI is InChI=1S/C21H29F3N4O/c22-21(23,24)18-16-3-1-2-4-17(16)28(27-18)6-5-25-19(29)26-20-10-13-7-14(11-20)9-15(8-13)12-20/h13-15H,1-12H2,(H2,25,26,29). The second-order valence-corrected chi connectivity index (χ2v) is 9.78. The first kappa shape index (κ1) is 19.2. The van der Waals surface area contributed by atoms with Crippen LogP contribution in [-0.4, -0.2) is 27.9 Å². The molecule has 160 valence electrons. The smallest absolute Gasteiger partial charge is 0.336 e. The second kappa shape index (κ2) is 6.91. The van der Waals surface area contributed by atoms with Crippen molar-refractivity contribution in [2.75, 3.05) is 6.54 Å². The van der Waals surface area contributed by atoms with E-state index in [-0.39, 0.29) is 24.7 Å². The quantitative estimate of drug-likeness (QED) is 0.787. The Hall–Kier alpha value is -1.73. The number of nitrogens with zero attached hydrogens (tertiary/aromatic N) is 2. The zero-order valence-electron chi connectivity index (χ0n) is 16.7. The van der Waals surface area contributed by atoms with E-state index < -0.39 is 11.9 Å². The maximum absolute atomic E-state index is 13.3. The van der Waals surface area contributed by atoms with Crippen molar-refractivity contribution in [3.05, 3.63) is 17.0 Å². The van der Waals surface area contributed by atoms with Gasteiger partial charge in [0.1, 0.15) is 0 Å². The molecule has 4 bridgehead atoms. The Bertz CT molecular complexity index is 765. The predicted molar refractivity (Wildman–Crippen MR) is 101 cm³/mol. The molecule has 1 aromatic heterocycles. The van der Waals surface area contributed by atoms with E-state index >= 15 is 0 Å². The molecule has 0 atom stereocenters. The lowest BCUT2D eigenvalue weighted by atomic mass is 9.53. The number of amides is 2. The summed E-state index contributed by atoms with van der Waals surface area (Å²) in [7, 11) is 0. The van der Waals surface area contributed by atoms with Gasteiger partial charge in [-0.15, -0.1) is 0 Å². The SMILES string of the molecule is O=C(NCCn1nc(C(F)(F)F)c2c1CCCC2)NC12CC3CC(CC(C3)C1)C2. The van der Waals surface area contributed by atoms with Gasteiger partial charge in [-0.1, -0.05) is 0 Å². The van der Waals surface area contributed by atoms with Crippen LogP contribution in [-0.2, 0) is 25.6 Å². The molecule has 5 aliphatic rings. The molecule has 2 N–H and O–H groups in total. The summed E-state index contributed by atoms with van der Waals surface area (Å²) in [5.41, 5.74) is 0.228. The van der Waals surface area contributed by atoms with Crippen molar-refractivity contribution in [2.24, 2.45) is 17.8 Å². The molecule has 0 spiro atoms. The van der Waals surface area contributed by atoms with E-state index in [0.29, 0.717) is 24.1 Å². The maximum atomic E-state index is 13.3. The van der Waals surface area contributed by atoms with Gasteiger partial charge in [0.05, 0.1) is 6.54 Å². The van der Waals surface area contributed by atoms with Gasteiger partial charge in [0.15, 0.2) is 5.69 Å². The number of rotatable bonds is 4. The van der Waals surface area contributed by atoms with E-state index in [9.17, 15) is 18.0 Å². The van der Waals surface area contributed by atoms with Crippen LogP contribution in [0.2, 0.25) is 0 Å². The van der Waals surface area contributed by atoms with Crippen molar-refractivity contribution in [3.63, 3.8) is 0 Å². The van der Waals surface area contributed by atoms with E-state index in [2.05, 4.69) is 15.7 Å². The van der Waals surface area contributed by atoms with Gasteiger partial charge in [-0.2, -0.15) is 18.3 Å². The van der Waals surface area contributed by atoms with E-state index in [1.165, 1.54) is 23.9 Å². The third-order valence-electron chi connectivity index (χ3n) is 7.55. The van der Waals surface area contributed by atoms with E-state index in [1.54, 1.807) is 0 Å². The topological polar surface area (TPSA) is 59.0 Å². The summed E-state index contributed by atoms with van der Waals surface area (Å²) in [6, 6.07) is -0.191. The molecule has 0 aliphatic heterocycles. The van der Waals surface area contributed by atoms with Crippen LogP contribution in [0.4, 0.5) is 18.0 Å². The number of fused-ring (bicyclic) bond motifs is 1. The molecular formula is C21H29F3N4O. The third-order valence-corrected chi connectivity index (χ3v) is 7.55. The van der Waals surface area contributed by atoms with Crippen LogP contribution in [0.25, 0.3) is 0 Å². The fourth-order valence-electron chi connectivity index (χ4n) is 6.91. The Balaban J connectivity index is 1.20. The van der Waals surface area contributed by atoms with Crippen LogP contribution >= 0.6 is 0 Å². The zero-order valence-corrected chi connectivity index (χ0v) is 16.7. The van der Waals surface area contributed by atoms with Crippen LogP contribution in [0.3, 0.4) is 0 Å². The van der Waals surface area contributed by atoms with Gasteiger partial charge in [0.2, 0.25) is 0 Å². The number of hydrogen-bond donors (Lipinski definition) is 2. The average Bonchev–Trinajstić information content (AvgIpc) is 2.99. The van der Waals surface area contributed by atoms with Gasteiger partial charge in [-0.25, -0.2) is 4.79 Å². The van der Waals surface area contributed by atoms with Crippen LogP contribution in [0.5, 0.6) is 0 Å². The summed E-state index contributed by atoms with van der Waals surface area (Å²) >= 11 is 0. The summed E-state index contributed by atoms with van der Waals surface area (Å²) in [5.74, 6) is 2.24. The van der Waals surface area contributed by atoms with Crippen molar-refractivity contribution >= 4 is 6.03 Å². The van der Waals surface area contributed by atoms with Gasteiger partial charge in [-0.3, -0.25) is 4.68 Å². The Morgan fingerprint density at radius 2 is 1.69 bits per heavy atom. The highest BCUT2D eigenvalue weighted by Crippen LogP contribution is 2.55. The third kappa shape index (κ3) is 3.63. The van der Waals surface area contributed by atoms with Gasteiger partial charge >= 0.3 is 12.2 Å².